The van der Waals surface area contributed by atoms with Gasteiger partial charge in [-0.05, 0) is 37.6 Å². The minimum absolute atomic E-state index is 0.0662. The number of carbonyl (C=O) groups excluding carboxylic acids is 1. The van der Waals surface area contributed by atoms with Gasteiger partial charge < -0.3 is 19.7 Å². The summed E-state index contributed by atoms with van der Waals surface area (Å²) in [7, 11) is 3.80. The number of benzene rings is 1. The second kappa shape index (κ2) is 9.71. The number of alkyl halides is 2. The SMILES string of the molecule is C[C@@H](C(=O)Nc1ccccc1OC(F)F)N1CC[C@H](Oc2cccnc2N(C)C)C1. The first-order valence-corrected chi connectivity index (χ1v) is 9.73. The van der Waals surface area contributed by atoms with Crippen molar-refractivity contribution in [3.63, 3.8) is 0 Å². The molecule has 0 aliphatic carbocycles. The first kappa shape index (κ1) is 21.8. The molecule has 1 fully saturated rings. The van der Waals surface area contributed by atoms with E-state index in [-0.39, 0.29) is 23.4 Å². The minimum Gasteiger partial charge on any atom is -0.485 e. The number of hydrogen-bond acceptors (Lipinski definition) is 6. The van der Waals surface area contributed by atoms with Gasteiger partial charge in [-0.3, -0.25) is 9.69 Å². The van der Waals surface area contributed by atoms with Crippen molar-refractivity contribution in [2.24, 2.45) is 0 Å². The first-order chi connectivity index (χ1) is 14.3. The number of para-hydroxylation sites is 2. The Morgan fingerprint density at radius 2 is 1.97 bits per heavy atom. The maximum atomic E-state index is 12.7. The summed E-state index contributed by atoms with van der Waals surface area (Å²) in [4.78, 5) is 20.9. The van der Waals surface area contributed by atoms with Gasteiger partial charge in [-0.1, -0.05) is 12.1 Å². The van der Waals surface area contributed by atoms with Crippen LogP contribution in [0, 0.1) is 0 Å². The Hall–Kier alpha value is -2.94. The highest BCUT2D eigenvalue weighted by atomic mass is 19.3. The lowest BCUT2D eigenvalue weighted by molar-refractivity contribution is -0.120. The summed E-state index contributed by atoms with van der Waals surface area (Å²) in [5.41, 5.74) is 0.215. The third kappa shape index (κ3) is 5.35. The number of ether oxygens (including phenoxy) is 2. The van der Waals surface area contributed by atoms with E-state index in [4.69, 9.17) is 4.74 Å². The van der Waals surface area contributed by atoms with Crippen molar-refractivity contribution in [2.75, 3.05) is 37.4 Å². The number of carbonyl (C=O) groups is 1. The van der Waals surface area contributed by atoms with Crippen LogP contribution < -0.4 is 19.7 Å². The molecule has 1 aromatic heterocycles. The molecule has 9 heteroatoms. The number of nitrogens with one attached hydrogen (secondary N) is 1. The van der Waals surface area contributed by atoms with E-state index in [1.54, 1.807) is 25.3 Å². The molecule has 1 aliphatic rings. The summed E-state index contributed by atoms with van der Waals surface area (Å²) >= 11 is 0. The average molecular weight is 420 g/mol. The van der Waals surface area contributed by atoms with E-state index in [0.717, 1.165) is 12.2 Å². The molecule has 1 amide bonds. The largest absolute Gasteiger partial charge is 0.485 e. The van der Waals surface area contributed by atoms with Crippen LogP contribution in [-0.4, -0.2) is 61.7 Å². The minimum atomic E-state index is -2.96. The van der Waals surface area contributed by atoms with E-state index in [2.05, 4.69) is 15.0 Å². The molecule has 0 saturated carbocycles. The number of amides is 1. The lowest BCUT2D eigenvalue weighted by atomic mass is 10.2. The molecule has 1 saturated heterocycles. The molecule has 7 nitrogen and oxygen atoms in total. The summed E-state index contributed by atoms with van der Waals surface area (Å²) in [6.45, 7) is 0.0812. The second-order valence-electron chi connectivity index (χ2n) is 7.28. The maximum absolute atomic E-state index is 12.7. The number of rotatable bonds is 8. The number of anilines is 2. The van der Waals surface area contributed by atoms with E-state index < -0.39 is 12.7 Å². The number of pyridine rings is 1. The molecule has 1 N–H and O–H groups in total. The fourth-order valence-electron chi connectivity index (χ4n) is 3.36. The maximum Gasteiger partial charge on any atom is 0.387 e. The van der Waals surface area contributed by atoms with E-state index >= 15 is 0 Å². The number of hydrogen-bond donors (Lipinski definition) is 1. The van der Waals surface area contributed by atoms with Gasteiger partial charge in [-0.15, -0.1) is 0 Å². The summed E-state index contributed by atoms with van der Waals surface area (Å²) in [6.07, 6.45) is 2.41. The van der Waals surface area contributed by atoms with Crippen molar-refractivity contribution >= 4 is 17.4 Å². The third-order valence-corrected chi connectivity index (χ3v) is 4.93. The zero-order chi connectivity index (χ0) is 21.7. The fraction of sp³-hybridized carbons (Fsp3) is 0.429. The molecule has 2 heterocycles. The lowest BCUT2D eigenvalue weighted by Crippen LogP contribution is -2.41. The van der Waals surface area contributed by atoms with Crippen molar-refractivity contribution in [3.05, 3.63) is 42.6 Å². The van der Waals surface area contributed by atoms with E-state index in [1.165, 1.54) is 12.1 Å². The first-order valence-electron chi connectivity index (χ1n) is 9.73. The van der Waals surface area contributed by atoms with Crippen LogP contribution >= 0.6 is 0 Å². The highest BCUT2D eigenvalue weighted by Crippen LogP contribution is 2.28. The summed E-state index contributed by atoms with van der Waals surface area (Å²) in [5.74, 6) is 1.08. The zero-order valence-corrected chi connectivity index (χ0v) is 17.2. The van der Waals surface area contributed by atoms with Gasteiger partial charge in [0.2, 0.25) is 5.91 Å². The highest BCUT2D eigenvalue weighted by molar-refractivity contribution is 5.95. The van der Waals surface area contributed by atoms with Crippen molar-refractivity contribution in [1.29, 1.82) is 0 Å². The number of halogens is 2. The topological polar surface area (TPSA) is 66.9 Å². The van der Waals surface area contributed by atoms with Crippen LogP contribution in [0.25, 0.3) is 0 Å². The van der Waals surface area contributed by atoms with Crippen molar-refractivity contribution in [2.45, 2.75) is 32.1 Å². The zero-order valence-electron chi connectivity index (χ0n) is 17.2. The Labute approximate surface area is 174 Å². The molecule has 2 aromatic rings. The van der Waals surface area contributed by atoms with Crippen LogP contribution in [0.4, 0.5) is 20.3 Å². The van der Waals surface area contributed by atoms with Gasteiger partial charge in [0.25, 0.3) is 0 Å². The van der Waals surface area contributed by atoms with Gasteiger partial charge >= 0.3 is 6.61 Å². The molecule has 1 aliphatic heterocycles. The van der Waals surface area contributed by atoms with Crippen LogP contribution in [0.1, 0.15) is 13.3 Å². The fourth-order valence-corrected chi connectivity index (χ4v) is 3.36. The number of aromatic nitrogens is 1. The van der Waals surface area contributed by atoms with Crippen LogP contribution in [0.3, 0.4) is 0 Å². The highest BCUT2D eigenvalue weighted by Gasteiger charge is 2.31. The van der Waals surface area contributed by atoms with Crippen LogP contribution in [0.5, 0.6) is 11.5 Å². The molecule has 0 spiro atoms. The summed E-state index contributed by atoms with van der Waals surface area (Å²) in [6, 6.07) is 9.38. The normalized spacial score (nSPS) is 17.6. The Bertz CT molecular complexity index is 866. The van der Waals surface area contributed by atoms with E-state index in [1.807, 2.05) is 36.0 Å². The van der Waals surface area contributed by atoms with Gasteiger partial charge in [-0.25, -0.2) is 4.98 Å². The lowest BCUT2D eigenvalue weighted by Gasteiger charge is -2.24. The standard InChI is InChI=1S/C21H26F2N4O3/c1-14(20(28)25-16-7-4-5-8-17(16)30-21(22)23)27-12-10-15(13-27)29-18-9-6-11-24-19(18)26(2)3/h4-9,11,14-15,21H,10,12-13H2,1-3H3,(H,25,28)/t14-,15-/m0/s1. The quantitative estimate of drug-likeness (QED) is 0.707. The van der Waals surface area contributed by atoms with Gasteiger partial charge in [0.1, 0.15) is 11.9 Å². The molecule has 1 aromatic carbocycles. The van der Waals surface area contributed by atoms with Crippen molar-refractivity contribution < 1.29 is 23.0 Å². The number of likely N-dealkylation sites (tertiary alicyclic amines) is 1. The summed E-state index contributed by atoms with van der Waals surface area (Å²) in [5, 5.41) is 2.68. The molecule has 3 rings (SSSR count). The van der Waals surface area contributed by atoms with Gasteiger partial charge in [0.05, 0.1) is 11.7 Å². The third-order valence-electron chi connectivity index (χ3n) is 4.93. The van der Waals surface area contributed by atoms with Gasteiger partial charge in [0, 0.05) is 33.4 Å². The smallest absolute Gasteiger partial charge is 0.387 e. The Morgan fingerprint density at radius 3 is 2.70 bits per heavy atom. The molecular formula is C21H26F2N4O3. The van der Waals surface area contributed by atoms with Gasteiger partial charge in [-0.2, -0.15) is 8.78 Å². The molecule has 0 bridgehead atoms. The number of nitrogens with zero attached hydrogens (tertiary/aromatic N) is 3. The van der Waals surface area contributed by atoms with Crippen molar-refractivity contribution in [3.8, 4) is 11.5 Å². The Kier molecular flexibility index (Phi) is 7.04. The average Bonchev–Trinajstić information content (AvgIpc) is 3.17. The molecular weight excluding hydrogens is 394 g/mol. The monoisotopic (exact) mass is 420 g/mol. The van der Waals surface area contributed by atoms with E-state index in [0.29, 0.717) is 18.8 Å². The summed E-state index contributed by atoms with van der Waals surface area (Å²) < 4.78 is 35.8. The van der Waals surface area contributed by atoms with Crippen LogP contribution in [0.2, 0.25) is 0 Å². The van der Waals surface area contributed by atoms with Crippen molar-refractivity contribution in [1.82, 2.24) is 9.88 Å². The molecule has 30 heavy (non-hydrogen) atoms. The molecule has 2 atom stereocenters. The molecule has 0 unspecified atom stereocenters. The Balaban J connectivity index is 1.60. The van der Waals surface area contributed by atoms with E-state index in [9.17, 15) is 13.6 Å². The predicted molar refractivity (Wildman–Crippen MR) is 110 cm³/mol. The second-order valence-corrected chi connectivity index (χ2v) is 7.28. The molecule has 0 radical (unpaired) electrons. The molecule has 162 valence electrons. The van der Waals surface area contributed by atoms with Gasteiger partial charge in [0.15, 0.2) is 11.6 Å². The predicted octanol–water partition coefficient (Wildman–Crippen LogP) is 3.23. The van der Waals surface area contributed by atoms with Crippen LogP contribution in [-0.2, 0) is 4.79 Å². The van der Waals surface area contributed by atoms with Crippen LogP contribution in [0.15, 0.2) is 42.6 Å². The Morgan fingerprint density at radius 1 is 1.23 bits per heavy atom.